The minimum absolute atomic E-state index is 0.0495. The van der Waals surface area contributed by atoms with E-state index in [0.717, 1.165) is 12.2 Å². The maximum Gasteiger partial charge on any atom is 0.235 e. The predicted molar refractivity (Wildman–Crippen MR) is 95.8 cm³/mol. The maximum absolute atomic E-state index is 12.3. The molecule has 1 aromatic rings. The minimum atomic E-state index is -0.836. The van der Waals surface area contributed by atoms with Crippen LogP contribution in [0.3, 0.4) is 0 Å². The summed E-state index contributed by atoms with van der Waals surface area (Å²) in [5.74, 6) is 0.758. The zero-order valence-electron chi connectivity index (χ0n) is 15.6. The second-order valence-corrected chi connectivity index (χ2v) is 6.83. The Morgan fingerprint density at radius 1 is 1.33 bits per heavy atom. The zero-order chi connectivity index (χ0) is 18.3. The number of hydrogen-bond acceptors (Lipinski definition) is 4. The predicted octanol–water partition coefficient (Wildman–Crippen LogP) is 2.61. The monoisotopic (exact) mass is 331 g/mol. The van der Waals surface area contributed by atoms with Gasteiger partial charge in [0.15, 0.2) is 0 Å². The Morgan fingerprint density at radius 2 is 1.92 bits per heavy atom. The Bertz CT molecular complexity index is 577. The number of benzene rings is 1. The van der Waals surface area contributed by atoms with E-state index in [1.54, 1.807) is 14.0 Å². The molecule has 1 rings (SSSR count). The van der Waals surface area contributed by atoms with Crippen LogP contribution in [-0.4, -0.2) is 43.1 Å². The summed E-state index contributed by atoms with van der Waals surface area (Å²) in [7, 11) is 3.57. The highest BCUT2D eigenvalue weighted by atomic mass is 16.5. The summed E-state index contributed by atoms with van der Waals surface area (Å²) in [6.07, 6.45) is 0.841. The lowest BCUT2D eigenvalue weighted by atomic mass is 9.90. The Labute approximate surface area is 145 Å². The molecule has 0 saturated heterocycles. The van der Waals surface area contributed by atoms with Crippen molar-refractivity contribution in [3.05, 3.63) is 29.8 Å². The summed E-state index contributed by atoms with van der Waals surface area (Å²) in [4.78, 5) is 14.3. The third-order valence-corrected chi connectivity index (χ3v) is 4.62. The number of methoxy groups -OCH3 is 1. The van der Waals surface area contributed by atoms with Crippen LogP contribution >= 0.6 is 0 Å². The van der Waals surface area contributed by atoms with Crippen molar-refractivity contribution in [3.8, 4) is 11.8 Å². The first-order chi connectivity index (χ1) is 11.2. The molecule has 2 atom stereocenters. The van der Waals surface area contributed by atoms with Gasteiger partial charge in [0.2, 0.25) is 5.91 Å². The smallest absolute Gasteiger partial charge is 0.235 e. The van der Waals surface area contributed by atoms with E-state index in [4.69, 9.17) is 4.74 Å². The summed E-state index contributed by atoms with van der Waals surface area (Å²) in [5.41, 5.74) is 0.358. The summed E-state index contributed by atoms with van der Waals surface area (Å²) >= 11 is 0. The van der Waals surface area contributed by atoms with Crippen LogP contribution in [0.4, 0.5) is 0 Å². The standard InChI is InChI=1S/C19H29N3O2/c1-14(2)19(4,13-20)21-18(23)12-22(5)15(3)11-16-7-9-17(24-6)10-8-16/h7-10,14-15H,11-12H2,1-6H3,(H,21,23)/t15-,19-/m1/s1. The SMILES string of the molecule is COc1ccc(C[C@@H](C)N(C)CC(=O)N[C@](C)(C#N)C(C)C)cc1. The van der Waals surface area contributed by atoms with Crippen molar-refractivity contribution in [1.82, 2.24) is 10.2 Å². The van der Waals surface area contributed by atoms with Gasteiger partial charge in [-0.3, -0.25) is 9.69 Å². The molecule has 0 aliphatic carbocycles. The molecule has 0 aliphatic rings. The number of ether oxygens (including phenoxy) is 1. The number of hydrogen-bond donors (Lipinski definition) is 1. The fraction of sp³-hybridized carbons (Fsp3) is 0.579. The quantitative estimate of drug-likeness (QED) is 0.795. The second kappa shape index (κ2) is 8.70. The van der Waals surface area contributed by atoms with Crippen LogP contribution in [-0.2, 0) is 11.2 Å². The molecule has 1 amide bonds. The molecule has 0 unspecified atom stereocenters. The molecule has 0 aromatic heterocycles. The lowest BCUT2D eigenvalue weighted by Gasteiger charge is -2.30. The van der Waals surface area contributed by atoms with E-state index in [9.17, 15) is 10.1 Å². The van der Waals surface area contributed by atoms with Gasteiger partial charge in [0, 0.05) is 6.04 Å². The molecule has 132 valence electrons. The first kappa shape index (κ1) is 20.0. The molecule has 0 fully saturated rings. The molecule has 1 aromatic carbocycles. The number of amides is 1. The van der Waals surface area contributed by atoms with E-state index in [1.165, 1.54) is 5.56 Å². The molecular weight excluding hydrogens is 302 g/mol. The normalized spacial score (nSPS) is 14.8. The van der Waals surface area contributed by atoms with Crippen LogP contribution in [0.15, 0.2) is 24.3 Å². The number of nitrogens with one attached hydrogen (secondary N) is 1. The summed E-state index contributed by atoms with van der Waals surface area (Å²) < 4.78 is 5.16. The van der Waals surface area contributed by atoms with Crippen molar-refractivity contribution in [2.24, 2.45) is 5.92 Å². The molecule has 0 heterocycles. The van der Waals surface area contributed by atoms with Crippen LogP contribution < -0.4 is 10.1 Å². The average Bonchev–Trinajstić information content (AvgIpc) is 2.54. The van der Waals surface area contributed by atoms with Gasteiger partial charge in [0.25, 0.3) is 0 Å². The van der Waals surface area contributed by atoms with Gasteiger partial charge < -0.3 is 10.1 Å². The number of rotatable bonds is 8. The van der Waals surface area contributed by atoms with Gasteiger partial charge in [-0.2, -0.15) is 5.26 Å². The third-order valence-electron chi connectivity index (χ3n) is 4.62. The van der Waals surface area contributed by atoms with Gasteiger partial charge in [-0.15, -0.1) is 0 Å². The first-order valence-electron chi connectivity index (χ1n) is 8.27. The summed E-state index contributed by atoms with van der Waals surface area (Å²) in [5, 5.41) is 12.1. The van der Waals surface area contributed by atoms with E-state index >= 15 is 0 Å². The van der Waals surface area contributed by atoms with Gasteiger partial charge in [-0.25, -0.2) is 0 Å². The minimum Gasteiger partial charge on any atom is -0.497 e. The molecule has 0 aliphatic heterocycles. The number of nitriles is 1. The van der Waals surface area contributed by atoms with Crippen LogP contribution in [0, 0.1) is 17.2 Å². The highest BCUT2D eigenvalue weighted by molar-refractivity contribution is 5.79. The van der Waals surface area contributed by atoms with E-state index < -0.39 is 5.54 Å². The van der Waals surface area contributed by atoms with Crippen molar-refractivity contribution in [2.75, 3.05) is 20.7 Å². The molecule has 0 spiro atoms. The van der Waals surface area contributed by atoms with Crippen molar-refractivity contribution in [3.63, 3.8) is 0 Å². The zero-order valence-corrected chi connectivity index (χ0v) is 15.6. The number of carbonyl (C=O) groups is 1. The van der Waals surface area contributed by atoms with E-state index in [1.807, 2.05) is 50.1 Å². The molecule has 5 nitrogen and oxygen atoms in total. The van der Waals surface area contributed by atoms with Crippen molar-refractivity contribution < 1.29 is 9.53 Å². The fourth-order valence-electron chi connectivity index (χ4n) is 2.27. The van der Waals surface area contributed by atoms with Crippen LogP contribution in [0.25, 0.3) is 0 Å². The Balaban J connectivity index is 2.58. The highest BCUT2D eigenvalue weighted by Gasteiger charge is 2.30. The number of carbonyl (C=O) groups excluding carboxylic acids is 1. The Morgan fingerprint density at radius 3 is 2.38 bits per heavy atom. The Kier molecular flexibility index (Phi) is 7.24. The van der Waals surface area contributed by atoms with Gasteiger partial charge >= 0.3 is 0 Å². The summed E-state index contributed by atoms with van der Waals surface area (Å²) in [6, 6.07) is 10.4. The van der Waals surface area contributed by atoms with Crippen LogP contribution in [0.2, 0.25) is 0 Å². The molecule has 1 N–H and O–H groups in total. The van der Waals surface area contributed by atoms with E-state index in [2.05, 4.69) is 18.3 Å². The topological polar surface area (TPSA) is 65.4 Å². The number of likely N-dealkylation sites (N-methyl/N-ethyl adjacent to an activating group) is 1. The van der Waals surface area contributed by atoms with Gasteiger partial charge in [0.05, 0.1) is 19.7 Å². The van der Waals surface area contributed by atoms with Gasteiger partial charge in [-0.1, -0.05) is 26.0 Å². The lowest BCUT2D eigenvalue weighted by molar-refractivity contribution is -0.124. The lowest BCUT2D eigenvalue weighted by Crippen LogP contribution is -2.52. The van der Waals surface area contributed by atoms with Gasteiger partial charge in [0.1, 0.15) is 11.3 Å². The highest BCUT2D eigenvalue weighted by Crippen LogP contribution is 2.16. The van der Waals surface area contributed by atoms with Crippen LogP contribution in [0.5, 0.6) is 5.75 Å². The summed E-state index contributed by atoms with van der Waals surface area (Å²) in [6.45, 7) is 7.97. The van der Waals surface area contributed by atoms with E-state index in [-0.39, 0.29) is 24.4 Å². The maximum atomic E-state index is 12.3. The first-order valence-corrected chi connectivity index (χ1v) is 8.27. The number of nitrogens with zero attached hydrogens (tertiary/aromatic N) is 2. The molecule has 24 heavy (non-hydrogen) atoms. The largest absolute Gasteiger partial charge is 0.497 e. The molecule has 0 saturated carbocycles. The van der Waals surface area contributed by atoms with Crippen molar-refractivity contribution >= 4 is 5.91 Å². The fourth-order valence-corrected chi connectivity index (χ4v) is 2.27. The van der Waals surface area contributed by atoms with E-state index in [0.29, 0.717) is 0 Å². The molecule has 0 bridgehead atoms. The van der Waals surface area contributed by atoms with Crippen molar-refractivity contribution in [1.29, 1.82) is 5.26 Å². The van der Waals surface area contributed by atoms with Crippen molar-refractivity contribution in [2.45, 2.75) is 45.7 Å². The van der Waals surface area contributed by atoms with Crippen LogP contribution in [0.1, 0.15) is 33.3 Å². The molecule has 5 heteroatoms. The molecule has 0 radical (unpaired) electrons. The average molecular weight is 331 g/mol. The second-order valence-electron chi connectivity index (χ2n) is 6.83. The third kappa shape index (κ3) is 5.54. The van der Waals surface area contributed by atoms with Gasteiger partial charge in [-0.05, 0) is 50.9 Å². The molecular formula is C19H29N3O2. The Hall–Kier alpha value is -2.06.